The summed E-state index contributed by atoms with van der Waals surface area (Å²) in [6.45, 7) is 4.19. The maximum Gasteiger partial charge on any atom is 0.194 e. The van der Waals surface area contributed by atoms with Crippen LogP contribution in [0.2, 0.25) is 0 Å². The predicted octanol–water partition coefficient (Wildman–Crippen LogP) is 31.7. The van der Waals surface area contributed by atoms with Crippen molar-refractivity contribution in [2.75, 3.05) is 9.80 Å². The highest BCUT2D eigenvalue weighted by Gasteiger charge is 2.56. The van der Waals surface area contributed by atoms with Crippen molar-refractivity contribution in [2.45, 2.75) is 40.5 Å². The van der Waals surface area contributed by atoms with E-state index in [1.807, 2.05) is 122 Å². The summed E-state index contributed by atoms with van der Waals surface area (Å²) in [7, 11) is 0. The van der Waals surface area contributed by atoms with Gasteiger partial charge in [0.25, 0.3) is 0 Å². The predicted molar refractivity (Wildman–Crippen MR) is 581 cm³/mol. The van der Waals surface area contributed by atoms with Crippen molar-refractivity contribution in [1.82, 2.24) is 50.2 Å². The number of dihydropyridines is 1. The molecule has 15 nitrogen and oxygen atoms in total. The number of rotatable bonds is 12. The highest BCUT2D eigenvalue weighted by atomic mass is 32.2. The number of hydrogen-bond acceptors (Lipinski definition) is 16. The quantitative estimate of drug-likeness (QED) is 0.123. The lowest BCUT2D eigenvalue weighted by atomic mass is 9.66. The number of aromatic nitrogens is 9. The molecule has 22 aromatic rings. The Morgan fingerprint density at radius 3 is 1.45 bits per heavy atom. The summed E-state index contributed by atoms with van der Waals surface area (Å²) in [5, 5.41) is 6.50. The van der Waals surface area contributed by atoms with Gasteiger partial charge in [-0.05, 0) is 195 Å². The number of fused-ring (bicyclic) bond motifs is 24. The molecule has 17 aromatic carbocycles. The Morgan fingerprint density at radius 1 is 0.295 bits per heavy atom. The number of benzene rings is 17. The van der Waals surface area contributed by atoms with E-state index < -0.39 is 10.8 Å². The van der Waals surface area contributed by atoms with Crippen LogP contribution in [0.15, 0.2) is 477 Å². The summed E-state index contributed by atoms with van der Waals surface area (Å²) in [6, 6.07) is 152. The normalized spacial score (nSPS) is 15.6. The maximum atomic E-state index is 7.20. The average molecular weight is 1890 g/mol. The highest BCUT2D eigenvalue weighted by molar-refractivity contribution is 7.99. The molecule has 16 heteroatoms. The van der Waals surface area contributed by atoms with E-state index in [2.05, 4.69) is 369 Å². The van der Waals surface area contributed by atoms with Crippen molar-refractivity contribution in [3.8, 4) is 148 Å². The summed E-state index contributed by atoms with van der Waals surface area (Å²) < 4.78 is 21.3. The number of allylic oxidation sites excluding steroid dienone is 2. The second kappa shape index (κ2) is 34.5. The third-order valence-corrected chi connectivity index (χ3v) is 30.2. The van der Waals surface area contributed by atoms with Gasteiger partial charge in [0, 0.05) is 78.7 Å². The van der Waals surface area contributed by atoms with Gasteiger partial charge in [0.1, 0.15) is 5.75 Å². The second-order valence-corrected chi connectivity index (χ2v) is 38.5. The molecular weight excluding hydrogens is 1810 g/mol. The van der Waals surface area contributed by atoms with Crippen LogP contribution in [0.1, 0.15) is 67.4 Å². The Labute approximate surface area is 847 Å². The van der Waals surface area contributed by atoms with Crippen LogP contribution in [0, 0.1) is 13.8 Å². The zero-order valence-corrected chi connectivity index (χ0v) is 79.8. The lowest BCUT2D eigenvalue weighted by Gasteiger charge is -2.42. The number of para-hydroxylation sites is 5. The van der Waals surface area contributed by atoms with E-state index >= 15 is 0 Å². The fraction of sp³-hybridized carbons (Fsp3) is 0.0385. The fourth-order valence-electron chi connectivity index (χ4n) is 22.6. The van der Waals surface area contributed by atoms with Gasteiger partial charge >= 0.3 is 0 Å². The number of nitrogens with one attached hydrogen (secondary N) is 1. The van der Waals surface area contributed by atoms with Crippen LogP contribution in [0.5, 0.6) is 34.5 Å². The van der Waals surface area contributed by atoms with E-state index in [0.29, 0.717) is 46.4 Å². The number of ether oxygens (including phenoxy) is 3. The molecule has 2 spiro atoms. The summed E-state index contributed by atoms with van der Waals surface area (Å²) in [6.07, 6.45) is 8.41. The Hall–Kier alpha value is -18.9. The van der Waals surface area contributed by atoms with Crippen LogP contribution < -0.4 is 29.3 Å². The van der Waals surface area contributed by atoms with Gasteiger partial charge in [-0.2, -0.15) is 0 Å². The molecule has 0 bridgehead atoms. The monoisotopic (exact) mass is 1890 g/mol. The van der Waals surface area contributed by atoms with Crippen LogP contribution in [0.3, 0.4) is 0 Å². The molecule has 7 aliphatic rings. The van der Waals surface area contributed by atoms with Crippen molar-refractivity contribution in [3.63, 3.8) is 0 Å². The number of nitrogens with zero attached hydrogens (tertiary/aromatic N) is 11. The molecule has 0 radical (unpaired) electrons. The van der Waals surface area contributed by atoms with Gasteiger partial charge in [-0.1, -0.05) is 363 Å². The summed E-state index contributed by atoms with van der Waals surface area (Å²) in [5.74, 6) is 8.03. The van der Waals surface area contributed by atoms with Gasteiger partial charge in [-0.25, -0.2) is 34.9 Å². The average Bonchev–Trinajstić information content (AvgIpc) is 1.50. The van der Waals surface area contributed by atoms with Crippen molar-refractivity contribution < 1.29 is 14.2 Å². The van der Waals surface area contributed by atoms with Gasteiger partial charge in [0.2, 0.25) is 0 Å². The lowest BCUT2D eigenvalue weighted by molar-refractivity contribution is 0.391. The zero-order chi connectivity index (χ0) is 96.7. The third kappa shape index (κ3) is 13.8. The maximum absolute atomic E-state index is 7.20. The minimum Gasteiger partial charge on any atom is -0.453 e. The largest absolute Gasteiger partial charge is 0.453 e. The van der Waals surface area contributed by atoms with Crippen LogP contribution in [0.25, 0.3) is 130 Å². The third-order valence-electron chi connectivity index (χ3n) is 29.0. The molecule has 0 fully saturated rings. The topological polar surface area (TPSA) is 162 Å². The van der Waals surface area contributed by atoms with E-state index in [1.165, 1.54) is 26.8 Å². The second-order valence-electron chi connectivity index (χ2n) is 37.5. The summed E-state index contributed by atoms with van der Waals surface area (Å²) in [4.78, 5) is 53.3. The number of pyridine rings is 3. The summed E-state index contributed by atoms with van der Waals surface area (Å²) >= 11 is 1.79. The fourth-order valence-corrected chi connectivity index (χ4v) is 23.8. The zero-order valence-electron chi connectivity index (χ0n) is 79.0. The number of aryl methyl sites for hydroxylation is 2. The molecule has 10 heterocycles. The SMILES string of the molecule is Cc1cccc(-c2nc(-c3cccc(C)c3)nc(-c3cccc(C4C=CC5=C(N4)c4ncccc4C54c5ccccc5Sc5c4ccc4c5Oc5ccccc5N4c4cccc(-c5cccc6ccccc56)c4)c3)n2)c1.c1ccc(-c2cccc(N3c4ccccc4Oc4c3ccc3c4Oc4ccccc4C34c3cccnc3-c3nc(-c5ccccc5-c5nc(-c6ccccc6)nc(-c6ccccc6)n5)ccc34)c2)cc1. The standard InChI is InChI=1S/C68H46N6OS.C62H38N6O2/c1-41-15-9-21-46(37-41)65-71-66(47-22-10-16-42(2)38-47)73-67(72-65)48-23-11-20-45(39-48)56-34-32-54-62(70-56)61-53(28-14-36-69-61)68(54)52-27-5-8-31-60(52)76-64-55(68)33-35-58-63(64)75-59-30-7-6-29-57(59)74(58)49-24-12-19-44(40-49)51-26-13-18-43-17-3-4-25-50(43)51;1-4-18-39(19-5-1)42-24-16-25-43(38-42)68-51-30-13-15-32-54(51)70-58-52(68)36-34-49-57(58)69-53-31-14-12-28-46(53)62(49)47-29-17-37-63-55(47)56-48(62)33-35-50(64-56)44-26-10-11-27-45(44)61-66-59(40-20-6-2-7-21-40)65-60(67-61)41-22-8-3-9-23-41/h3-40,56,70H,1-2H3;1-38H. The molecule has 5 aliphatic heterocycles. The first-order valence-electron chi connectivity index (χ1n) is 49.0. The lowest BCUT2D eigenvalue weighted by Crippen LogP contribution is -2.34. The van der Waals surface area contributed by atoms with E-state index in [0.717, 1.165) is 202 Å². The van der Waals surface area contributed by atoms with Crippen molar-refractivity contribution in [1.29, 1.82) is 0 Å². The van der Waals surface area contributed by atoms with E-state index in [4.69, 9.17) is 59.1 Å². The first kappa shape index (κ1) is 85.1. The van der Waals surface area contributed by atoms with Gasteiger partial charge in [0.05, 0.1) is 73.0 Å². The molecule has 146 heavy (non-hydrogen) atoms. The molecule has 0 amide bonds. The molecule has 3 atom stereocenters. The molecule has 0 saturated heterocycles. The van der Waals surface area contributed by atoms with Crippen molar-refractivity contribution in [3.05, 3.63) is 528 Å². The van der Waals surface area contributed by atoms with E-state index in [1.54, 1.807) is 11.8 Å². The van der Waals surface area contributed by atoms with E-state index in [-0.39, 0.29) is 6.04 Å². The molecule has 29 rings (SSSR count). The molecule has 1 N–H and O–H groups in total. The number of hydrogen-bond donors (Lipinski definition) is 1. The van der Waals surface area contributed by atoms with Crippen LogP contribution in [-0.2, 0) is 10.8 Å². The first-order valence-corrected chi connectivity index (χ1v) is 49.9. The Bertz CT molecular complexity index is 9090. The van der Waals surface area contributed by atoms with E-state index in [9.17, 15) is 0 Å². The van der Waals surface area contributed by atoms with Crippen LogP contribution >= 0.6 is 11.8 Å². The molecule has 2 aliphatic carbocycles. The van der Waals surface area contributed by atoms with Gasteiger partial charge in [-0.15, -0.1) is 0 Å². The molecule has 5 aromatic heterocycles. The van der Waals surface area contributed by atoms with Crippen molar-refractivity contribution in [2.24, 2.45) is 0 Å². The molecule has 0 saturated carbocycles. The van der Waals surface area contributed by atoms with Crippen molar-refractivity contribution >= 4 is 62.4 Å². The Morgan fingerprint density at radius 2 is 0.767 bits per heavy atom. The minimum atomic E-state index is -0.856. The Kier molecular flexibility index (Phi) is 20.1. The van der Waals surface area contributed by atoms with Gasteiger partial charge in [0.15, 0.2) is 63.7 Å². The molecule has 3 unspecified atom stereocenters. The van der Waals surface area contributed by atoms with Gasteiger partial charge < -0.3 is 29.3 Å². The smallest absolute Gasteiger partial charge is 0.194 e. The number of anilines is 6. The minimum absolute atomic E-state index is 0.174. The first-order chi connectivity index (χ1) is 72.2. The molecular formula is C130H84N12O3S. The van der Waals surface area contributed by atoms with Crippen LogP contribution in [-0.4, -0.2) is 44.9 Å². The Balaban J connectivity index is 0.000000142. The molecule has 688 valence electrons. The van der Waals surface area contributed by atoms with Gasteiger partial charge in [-0.3, -0.25) is 9.97 Å². The highest BCUT2D eigenvalue weighted by Crippen LogP contribution is 2.69. The van der Waals surface area contributed by atoms with Crippen LogP contribution in [0.4, 0.5) is 34.1 Å². The summed E-state index contributed by atoms with van der Waals surface area (Å²) in [5.41, 5.74) is 31.6.